The number of rotatable bonds is 4. The predicted octanol–water partition coefficient (Wildman–Crippen LogP) is 1.90. The van der Waals surface area contributed by atoms with Gasteiger partial charge < -0.3 is 19.1 Å². The molecule has 0 saturated heterocycles. The van der Waals surface area contributed by atoms with Crippen molar-refractivity contribution >= 4 is 0 Å². The molecule has 0 amide bonds. The summed E-state index contributed by atoms with van der Waals surface area (Å²) < 4.78 is 16.5. The maximum absolute atomic E-state index is 9.58. The smallest absolute Gasteiger partial charge is 0.229 e. The molecule has 6 heteroatoms. The Kier molecular flexibility index (Phi) is 3.56. The minimum absolute atomic E-state index is 0.340. The monoisotopic (exact) mass is 276 g/mol. The molecule has 2 unspecified atom stereocenters. The van der Waals surface area contributed by atoms with Crippen LogP contribution in [-0.4, -0.2) is 28.0 Å². The summed E-state index contributed by atoms with van der Waals surface area (Å²) in [4.78, 5) is 4.25. The molecule has 1 aromatic carbocycles. The summed E-state index contributed by atoms with van der Waals surface area (Å²) in [6.07, 6.45) is 0.149. The van der Waals surface area contributed by atoms with Crippen LogP contribution in [0, 0.1) is 0 Å². The van der Waals surface area contributed by atoms with Gasteiger partial charge in [0.25, 0.3) is 0 Å². The molecule has 20 heavy (non-hydrogen) atoms. The van der Waals surface area contributed by atoms with E-state index in [1.807, 2.05) is 31.2 Å². The van der Waals surface area contributed by atoms with E-state index in [4.69, 9.17) is 14.0 Å². The summed E-state index contributed by atoms with van der Waals surface area (Å²) in [5.41, 5.74) is 0. The summed E-state index contributed by atoms with van der Waals surface area (Å²) in [6.45, 7) is 2.24. The Labute approximate surface area is 116 Å². The molecule has 0 radical (unpaired) electrons. The van der Waals surface area contributed by atoms with Crippen LogP contribution in [0.2, 0.25) is 0 Å². The second-order valence-corrected chi connectivity index (χ2v) is 4.68. The SMILES string of the molecule is CCC(O)Cc1nc(C2COc3ccccc3O2)no1. The Hall–Kier alpha value is -2.08. The third-order valence-electron chi connectivity index (χ3n) is 3.16. The van der Waals surface area contributed by atoms with Crippen LogP contribution in [-0.2, 0) is 6.42 Å². The van der Waals surface area contributed by atoms with Crippen molar-refractivity contribution in [2.45, 2.75) is 32.0 Å². The number of hydrogen-bond donors (Lipinski definition) is 1. The van der Waals surface area contributed by atoms with Crippen molar-refractivity contribution in [3.63, 3.8) is 0 Å². The first-order valence-corrected chi connectivity index (χ1v) is 6.65. The summed E-state index contributed by atoms with van der Waals surface area (Å²) in [6, 6.07) is 7.46. The molecule has 1 aliphatic heterocycles. The van der Waals surface area contributed by atoms with E-state index in [1.165, 1.54) is 0 Å². The summed E-state index contributed by atoms with van der Waals surface area (Å²) in [7, 11) is 0. The fourth-order valence-corrected chi connectivity index (χ4v) is 1.97. The Morgan fingerprint density at radius 2 is 2.15 bits per heavy atom. The average Bonchev–Trinajstić information content (AvgIpc) is 2.95. The van der Waals surface area contributed by atoms with Crippen LogP contribution in [0.25, 0.3) is 0 Å². The van der Waals surface area contributed by atoms with Gasteiger partial charge in [-0.05, 0) is 18.6 Å². The molecule has 0 saturated carbocycles. The number of para-hydroxylation sites is 2. The first-order chi connectivity index (χ1) is 9.76. The number of benzene rings is 1. The lowest BCUT2D eigenvalue weighted by Gasteiger charge is -2.24. The summed E-state index contributed by atoms with van der Waals surface area (Å²) in [5.74, 6) is 2.24. The Morgan fingerprint density at radius 3 is 2.95 bits per heavy atom. The van der Waals surface area contributed by atoms with Crippen molar-refractivity contribution in [3.8, 4) is 11.5 Å². The Bertz CT molecular complexity index is 584. The summed E-state index contributed by atoms with van der Waals surface area (Å²) >= 11 is 0. The first kappa shape index (κ1) is 12.9. The molecule has 6 nitrogen and oxygen atoms in total. The number of hydrogen-bond acceptors (Lipinski definition) is 6. The van der Waals surface area contributed by atoms with Crippen molar-refractivity contribution < 1.29 is 19.1 Å². The topological polar surface area (TPSA) is 77.6 Å². The van der Waals surface area contributed by atoms with Gasteiger partial charge in [-0.25, -0.2) is 0 Å². The van der Waals surface area contributed by atoms with Crippen molar-refractivity contribution in [1.29, 1.82) is 0 Å². The zero-order valence-electron chi connectivity index (χ0n) is 11.2. The average molecular weight is 276 g/mol. The van der Waals surface area contributed by atoms with Gasteiger partial charge >= 0.3 is 0 Å². The molecule has 3 rings (SSSR count). The van der Waals surface area contributed by atoms with Gasteiger partial charge in [0.15, 0.2) is 17.6 Å². The molecule has 0 fully saturated rings. The second kappa shape index (κ2) is 5.50. The first-order valence-electron chi connectivity index (χ1n) is 6.65. The van der Waals surface area contributed by atoms with Crippen LogP contribution < -0.4 is 9.47 Å². The number of ether oxygens (including phenoxy) is 2. The molecular formula is C14H16N2O4. The standard InChI is InChI=1S/C14H16N2O4/c1-2-9(17)7-13-15-14(16-20-13)12-8-18-10-5-3-4-6-11(10)19-12/h3-6,9,12,17H,2,7-8H2,1H3. The van der Waals surface area contributed by atoms with Gasteiger partial charge in [0.2, 0.25) is 11.7 Å². The maximum atomic E-state index is 9.58. The van der Waals surface area contributed by atoms with Crippen LogP contribution in [0.1, 0.15) is 31.2 Å². The van der Waals surface area contributed by atoms with Gasteiger partial charge in [0.05, 0.1) is 12.5 Å². The number of aromatic nitrogens is 2. The zero-order valence-corrected chi connectivity index (χ0v) is 11.2. The quantitative estimate of drug-likeness (QED) is 0.919. The minimum Gasteiger partial charge on any atom is -0.485 e. The second-order valence-electron chi connectivity index (χ2n) is 4.68. The highest BCUT2D eigenvalue weighted by molar-refractivity contribution is 5.40. The van der Waals surface area contributed by atoms with Gasteiger partial charge in [-0.15, -0.1) is 0 Å². The molecule has 1 N–H and O–H groups in total. The van der Waals surface area contributed by atoms with E-state index in [9.17, 15) is 5.11 Å². The maximum Gasteiger partial charge on any atom is 0.229 e. The van der Waals surface area contributed by atoms with Gasteiger partial charge in [-0.3, -0.25) is 0 Å². The summed E-state index contributed by atoms with van der Waals surface area (Å²) in [5, 5.41) is 13.5. The molecular weight excluding hydrogens is 260 g/mol. The van der Waals surface area contributed by atoms with Crippen molar-refractivity contribution in [3.05, 3.63) is 36.0 Å². The molecule has 0 aliphatic carbocycles. The Morgan fingerprint density at radius 1 is 1.35 bits per heavy atom. The molecule has 1 aromatic heterocycles. The van der Waals surface area contributed by atoms with E-state index in [-0.39, 0.29) is 6.10 Å². The predicted molar refractivity (Wildman–Crippen MR) is 69.6 cm³/mol. The highest BCUT2D eigenvalue weighted by Crippen LogP contribution is 2.35. The lowest BCUT2D eigenvalue weighted by atomic mass is 10.2. The highest BCUT2D eigenvalue weighted by atomic mass is 16.6. The molecule has 2 aromatic rings. The van der Waals surface area contributed by atoms with Crippen molar-refractivity contribution in [1.82, 2.24) is 10.1 Å². The van der Waals surface area contributed by atoms with Crippen molar-refractivity contribution in [2.24, 2.45) is 0 Å². The largest absolute Gasteiger partial charge is 0.485 e. The number of fused-ring (bicyclic) bond motifs is 1. The zero-order chi connectivity index (χ0) is 13.9. The van der Waals surface area contributed by atoms with Crippen LogP contribution in [0.5, 0.6) is 11.5 Å². The van der Waals surface area contributed by atoms with Gasteiger partial charge in [-0.2, -0.15) is 4.98 Å². The van der Waals surface area contributed by atoms with Crippen molar-refractivity contribution in [2.75, 3.05) is 6.61 Å². The van der Waals surface area contributed by atoms with Crippen LogP contribution in [0.15, 0.2) is 28.8 Å². The van der Waals surface area contributed by atoms with E-state index in [2.05, 4.69) is 10.1 Å². The number of nitrogens with zero attached hydrogens (tertiary/aromatic N) is 2. The van der Waals surface area contributed by atoms with E-state index in [0.29, 0.717) is 42.7 Å². The molecule has 2 heterocycles. The minimum atomic E-state index is -0.465. The fraction of sp³-hybridized carbons (Fsp3) is 0.429. The number of aliphatic hydroxyl groups excluding tert-OH is 1. The molecule has 1 aliphatic rings. The lowest BCUT2D eigenvalue weighted by molar-refractivity contribution is 0.0832. The van der Waals surface area contributed by atoms with Gasteiger partial charge in [0, 0.05) is 0 Å². The molecule has 106 valence electrons. The lowest BCUT2D eigenvalue weighted by Crippen LogP contribution is -2.22. The van der Waals surface area contributed by atoms with E-state index >= 15 is 0 Å². The molecule has 0 bridgehead atoms. The third kappa shape index (κ3) is 2.60. The van der Waals surface area contributed by atoms with Crippen LogP contribution in [0.4, 0.5) is 0 Å². The third-order valence-corrected chi connectivity index (χ3v) is 3.16. The Balaban J connectivity index is 1.72. The molecule has 2 atom stereocenters. The highest BCUT2D eigenvalue weighted by Gasteiger charge is 2.27. The fourth-order valence-electron chi connectivity index (χ4n) is 1.97. The normalized spacial score (nSPS) is 18.8. The number of aliphatic hydroxyl groups is 1. The molecule has 0 spiro atoms. The van der Waals surface area contributed by atoms with Crippen LogP contribution >= 0.6 is 0 Å². The van der Waals surface area contributed by atoms with E-state index < -0.39 is 6.10 Å². The van der Waals surface area contributed by atoms with Gasteiger partial charge in [0.1, 0.15) is 6.61 Å². The van der Waals surface area contributed by atoms with E-state index in [0.717, 1.165) is 0 Å². The van der Waals surface area contributed by atoms with E-state index in [1.54, 1.807) is 0 Å². The van der Waals surface area contributed by atoms with Gasteiger partial charge in [-0.1, -0.05) is 24.2 Å². The van der Waals surface area contributed by atoms with Crippen LogP contribution in [0.3, 0.4) is 0 Å².